The zero-order valence-electron chi connectivity index (χ0n) is 59.8. The molecule has 2 amide bonds. The second-order valence-electron chi connectivity index (χ2n) is 24.5. The third kappa shape index (κ3) is 30.2. The fourth-order valence-corrected chi connectivity index (χ4v) is 11.3. The van der Waals surface area contributed by atoms with Gasteiger partial charge >= 0.3 is 6.03 Å². The summed E-state index contributed by atoms with van der Waals surface area (Å²) in [5.74, 6) is 3.27. The van der Waals surface area contributed by atoms with Crippen molar-refractivity contribution < 1.29 is 53.1 Å². The van der Waals surface area contributed by atoms with E-state index in [1.54, 1.807) is 134 Å². The van der Waals surface area contributed by atoms with Gasteiger partial charge in [-0.2, -0.15) is 20.0 Å². The van der Waals surface area contributed by atoms with Gasteiger partial charge in [-0.15, -0.1) is 26.3 Å². The predicted octanol–water partition coefficient (Wildman–Crippen LogP) is 17.2. The fourth-order valence-electron chi connectivity index (χ4n) is 11.3. The third-order valence-electron chi connectivity index (χ3n) is 16.8. The Bertz CT molecular complexity index is 4880. The molecule has 550 valence electrons. The molecule has 1 fully saturated rings. The van der Waals surface area contributed by atoms with E-state index in [0.717, 1.165) is 120 Å². The van der Waals surface area contributed by atoms with Crippen LogP contribution < -0.4 is 40.1 Å². The molecule has 0 unspecified atom stereocenters. The summed E-state index contributed by atoms with van der Waals surface area (Å²) in [6.45, 7) is 0. The van der Waals surface area contributed by atoms with Crippen LogP contribution in [0.3, 0.4) is 0 Å². The zero-order chi connectivity index (χ0) is 77.8. The average molecular weight is 1470 g/mol. The number of nitriles is 5. The number of hydrogen-bond donors (Lipinski definition) is 3. The van der Waals surface area contributed by atoms with Gasteiger partial charge < -0.3 is 45.5 Å². The number of nitrogens with one attached hydrogen (secondary N) is 2. The molecule has 1 aliphatic carbocycles. The number of urea groups is 1. The van der Waals surface area contributed by atoms with Crippen LogP contribution in [0.4, 0.5) is 38.9 Å². The van der Waals surface area contributed by atoms with Gasteiger partial charge in [-0.3, -0.25) is 0 Å². The number of hydrogen-bond acceptors (Lipinski definition) is 20. The highest BCUT2D eigenvalue weighted by Gasteiger charge is 2.23. The van der Waals surface area contributed by atoms with E-state index >= 15 is 0 Å². The van der Waals surface area contributed by atoms with Crippen LogP contribution in [0.15, 0.2) is 287 Å². The Morgan fingerprint density at radius 3 is 0.775 bits per heavy atom. The van der Waals surface area contributed by atoms with Crippen molar-refractivity contribution in [1.82, 2.24) is 5.32 Å². The Labute approximate surface area is 641 Å². The van der Waals surface area contributed by atoms with Crippen molar-refractivity contribution >= 4 is 64.5 Å². The number of carbonyl (C=O) groups is 1. The number of aliphatic imine (C=N–C) groups is 4. The van der Waals surface area contributed by atoms with E-state index in [4.69, 9.17) is 55.7 Å². The number of ether oxygens (including phenoxy) is 5. The molecule has 0 aliphatic heterocycles. The van der Waals surface area contributed by atoms with Crippen molar-refractivity contribution in [2.75, 3.05) is 11.1 Å². The van der Waals surface area contributed by atoms with Crippen molar-refractivity contribution in [2.24, 2.45) is 25.9 Å². The summed E-state index contributed by atoms with van der Waals surface area (Å²) in [7, 11) is 0. The smallest absolute Gasteiger partial charge is 0.319 e. The maximum absolute atomic E-state index is 12.5. The molecular weight excluding hydrogens is 1400 g/mol. The van der Waals surface area contributed by atoms with Crippen LogP contribution in [-0.4, -0.2) is 41.9 Å². The topological polar surface area (TPSA) is 381 Å². The van der Waals surface area contributed by atoms with Crippen molar-refractivity contribution in [2.45, 2.75) is 70.3 Å². The number of nitrogens with zero attached hydrogens (tertiary/aromatic N) is 9. The zero-order valence-corrected chi connectivity index (χ0v) is 59.8. The minimum Gasteiger partial charge on any atom is -0.412 e. The molecule has 1 aliphatic rings. The van der Waals surface area contributed by atoms with E-state index in [1.165, 1.54) is 34.9 Å². The van der Waals surface area contributed by atoms with Crippen molar-refractivity contribution in [3.05, 3.63) is 328 Å². The second-order valence-corrected chi connectivity index (χ2v) is 24.5. The number of nitrogen functional groups attached to an aromatic ring is 1. The van der Waals surface area contributed by atoms with Gasteiger partial charge in [0.25, 0.3) is 31.3 Å². The number of amides is 2. The molecule has 0 aromatic heterocycles. The van der Waals surface area contributed by atoms with E-state index in [2.05, 4.69) is 30.6 Å². The summed E-state index contributed by atoms with van der Waals surface area (Å²) in [6, 6.07) is 82.3. The molecule has 0 bridgehead atoms. The molecular formula is C88H72N12O11. The first kappa shape index (κ1) is 82.7. The summed E-state index contributed by atoms with van der Waals surface area (Å²) >= 11 is 0. The SMILES string of the molecule is N#COc1ccc(Cc2ccc(N)cc2)cc1.N#COc1ccc(Cc2ccc(N=C=O)cc2)cc1.N#COc1ccc(Cc2ccc(N=C=O)cc2)cc1.N#COc1ccc(Cc2ccc(N=C=O)cc2)cc1.N#COc1ccc(Cc2ccc(NC(=O)NC3CCC(Cc4ccc(N=C=O)cc4)CC3)cc2)cc1.O. The quantitative estimate of drug-likeness (QED) is 0.0232. The lowest BCUT2D eigenvalue weighted by Gasteiger charge is -2.29. The number of benzene rings is 11. The van der Waals surface area contributed by atoms with Crippen molar-refractivity contribution in [1.29, 1.82) is 26.3 Å². The molecule has 12 rings (SSSR count). The van der Waals surface area contributed by atoms with E-state index < -0.39 is 0 Å². The average Bonchev–Trinajstić information content (AvgIpc) is 0.864. The fraction of sp³-hybridized carbons (Fsp3) is 0.136. The highest BCUT2D eigenvalue weighted by Crippen LogP contribution is 2.29. The van der Waals surface area contributed by atoms with Crippen LogP contribution in [0.1, 0.15) is 86.9 Å². The number of isocyanates is 4. The maximum atomic E-state index is 12.5. The molecule has 23 heteroatoms. The maximum Gasteiger partial charge on any atom is 0.319 e. The Balaban J connectivity index is 0.000000199. The molecule has 6 N–H and O–H groups in total. The molecule has 0 heterocycles. The van der Waals surface area contributed by atoms with Crippen LogP contribution in [0.25, 0.3) is 0 Å². The largest absolute Gasteiger partial charge is 0.412 e. The summed E-state index contributed by atoms with van der Waals surface area (Å²) in [4.78, 5) is 67.4. The van der Waals surface area contributed by atoms with Crippen LogP contribution in [-0.2, 0) is 57.7 Å². The van der Waals surface area contributed by atoms with Crippen LogP contribution in [0.2, 0.25) is 0 Å². The van der Waals surface area contributed by atoms with Gasteiger partial charge in [0.05, 0.1) is 22.7 Å². The van der Waals surface area contributed by atoms with Gasteiger partial charge in [-0.1, -0.05) is 133 Å². The third-order valence-corrected chi connectivity index (χ3v) is 16.8. The molecule has 0 atom stereocenters. The van der Waals surface area contributed by atoms with E-state index in [1.807, 2.05) is 170 Å². The molecule has 0 saturated heterocycles. The van der Waals surface area contributed by atoms with E-state index in [-0.39, 0.29) is 17.5 Å². The van der Waals surface area contributed by atoms with E-state index in [0.29, 0.717) is 57.4 Å². The molecule has 1 saturated carbocycles. The van der Waals surface area contributed by atoms with Crippen LogP contribution in [0.5, 0.6) is 28.7 Å². The summed E-state index contributed by atoms with van der Waals surface area (Å²) in [5.41, 5.74) is 22.1. The van der Waals surface area contributed by atoms with Gasteiger partial charge in [0, 0.05) is 17.4 Å². The first-order valence-electron chi connectivity index (χ1n) is 34.3. The standard InChI is InChI=1S/C29H28N4O3.3C15H10N2O2.C14H12N2O.H2O/c30-19-36-28-15-7-24(8-16-28)18-23-5-13-27(14-6-23)33-29(35)32-26-11-3-22(4-12-26)17-21-1-9-25(10-2-21)31-20-34;3*16-10-19-15-7-3-13(4-8-15)9-12-1-5-14(6-2-12)17-11-18;15-10-17-14-7-3-12(4-8-14)9-11-1-5-13(16)6-2-11;/h1-2,5-10,13-16,22,26H,3-4,11-12,17-18H2,(H2,32,33,35);3*1-8H,9H2;1-8H,9,16H2;1H2. The summed E-state index contributed by atoms with van der Waals surface area (Å²) in [5, 5.41) is 48.1. The molecule has 11 aromatic rings. The molecule has 0 radical (unpaired) electrons. The number of anilines is 2. The molecule has 0 spiro atoms. The number of rotatable bonds is 23. The number of carbonyl (C=O) groups excluding carboxylic acids is 5. The first-order valence-corrected chi connectivity index (χ1v) is 34.3. The van der Waals surface area contributed by atoms with Gasteiger partial charge in [-0.05, 0) is 265 Å². The predicted molar refractivity (Wildman–Crippen MR) is 417 cm³/mol. The number of nitrogens with two attached hydrogens (primary N) is 1. The van der Waals surface area contributed by atoms with Gasteiger partial charge in [-0.25, -0.2) is 24.0 Å². The summed E-state index contributed by atoms with van der Waals surface area (Å²) < 4.78 is 23.7. The highest BCUT2D eigenvalue weighted by molar-refractivity contribution is 5.89. The first-order chi connectivity index (χ1) is 53.8. The van der Waals surface area contributed by atoms with Gasteiger partial charge in [0.15, 0.2) is 0 Å². The summed E-state index contributed by atoms with van der Waals surface area (Å²) in [6.07, 6.45) is 23.2. The van der Waals surface area contributed by atoms with Crippen LogP contribution in [0, 0.1) is 63.5 Å². The van der Waals surface area contributed by atoms with Crippen molar-refractivity contribution in [3.63, 3.8) is 0 Å². The van der Waals surface area contributed by atoms with Crippen LogP contribution >= 0.6 is 0 Å². The van der Waals surface area contributed by atoms with Gasteiger partial charge in [0.1, 0.15) is 28.7 Å². The lowest BCUT2D eigenvalue weighted by Crippen LogP contribution is -2.40. The lowest BCUT2D eigenvalue weighted by molar-refractivity contribution is 0.237. The Kier molecular flexibility index (Phi) is 34.5. The Hall–Kier alpha value is -15.6. The molecule has 23 nitrogen and oxygen atoms in total. The van der Waals surface area contributed by atoms with E-state index in [9.17, 15) is 24.0 Å². The monoisotopic (exact) mass is 1470 g/mol. The van der Waals surface area contributed by atoms with Gasteiger partial charge in [0.2, 0.25) is 24.3 Å². The molecule has 111 heavy (non-hydrogen) atoms. The normalized spacial score (nSPS) is 11.6. The minimum atomic E-state index is -0.175. The molecule has 11 aromatic carbocycles. The Morgan fingerprint density at radius 2 is 0.541 bits per heavy atom. The second kappa shape index (κ2) is 46.3. The lowest BCUT2D eigenvalue weighted by atomic mass is 9.82. The minimum absolute atomic E-state index is 0. The Morgan fingerprint density at radius 1 is 0.324 bits per heavy atom. The van der Waals surface area contributed by atoms with Crippen molar-refractivity contribution in [3.8, 4) is 60.0 Å². The highest BCUT2D eigenvalue weighted by atomic mass is 16.5.